The molecule has 0 fully saturated rings. The van der Waals surface area contributed by atoms with Crippen molar-refractivity contribution < 1.29 is 19.2 Å². The van der Waals surface area contributed by atoms with E-state index in [0.717, 1.165) is 10.0 Å². The molecule has 3 amide bonds. The highest BCUT2D eigenvalue weighted by Gasteiger charge is 2.48. The van der Waals surface area contributed by atoms with Gasteiger partial charge in [-0.05, 0) is 94.9 Å². The van der Waals surface area contributed by atoms with Crippen LogP contribution in [0.25, 0.3) is 0 Å². The van der Waals surface area contributed by atoms with E-state index in [1.165, 1.54) is 31.2 Å². The van der Waals surface area contributed by atoms with Crippen LogP contribution in [-0.2, 0) is 0 Å². The van der Waals surface area contributed by atoms with Crippen molar-refractivity contribution in [2.75, 3.05) is 0 Å². The molecule has 0 aromatic heterocycles. The van der Waals surface area contributed by atoms with Crippen molar-refractivity contribution in [3.63, 3.8) is 0 Å². The number of imide groups is 1. The summed E-state index contributed by atoms with van der Waals surface area (Å²) in [7, 11) is 0. The van der Waals surface area contributed by atoms with E-state index in [0.29, 0.717) is 28.5 Å². The number of nitrogens with zero attached hydrogens (tertiary/aromatic N) is 2. The van der Waals surface area contributed by atoms with Gasteiger partial charge in [0.05, 0.1) is 11.1 Å². The van der Waals surface area contributed by atoms with Gasteiger partial charge < -0.3 is 0 Å². The number of carbonyl (C=O) groups excluding carboxylic acids is 4. The number of benzene rings is 3. The van der Waals surface area contributed by atoms with Crippen molar-refractivity contribution in [2.45, 2.75) is 13.0 Å². The Morgan fingerprint density at radius 1 is 0.771 bits per heavy atom. The maximum atomic E-state index is 13.7. The van der Waals surface area contributed by atoms with Crippen LogP contribution in [0.2, 0.25) is 5.02 Å². The van der Waals surface area contributed by atoms with Crippen LogP contribution in [0, 0.1) is 0 Å². The van der Waals surface area contributed by atoms with Gasteiger partial charge in [-0.2, -0.15) is 5.01 Å². The Balaban J connectivity index is 1.87. The monoisotopic (exact) mass is 744 g/mol. The molecule has 3 aromatic rings. The second kappa shape index (κ2) is 10.3. The van der Waals surface area contributed by atoms with Crippen molar-refractivity contribution in [3.8, 4) is 0 Å². The second-order valence-electron chi connectivity index (χ2n) is 7.49. The molecule has 0 unspecified atom stereocenters. The predicted molar refractivity (Wildman–Crippen MR) is 146 cm³/mol. The number of fused-ring (bicyclic) bond motifs is 1. The fourth-order valence-electron chi connectivity index (χ4n) is 3.65. The van der Waals surface area contributed by atoms with Gasteiger partial charge in [-0.15, -0.1) is 0 Å². The van der Waals surface area contributed by atoms with Crippen molar-refractivity contribution in [3.05, 3.63) is 99.8 Å². The zero-order chi connectivity index (χ0) is 25.6. The van der Waals surface area contributed by atoms with Crippen LogP contribution in [0.3, 0.4) is 0 Å². The standard InChI is InChI=1S/C24H13Br4ClN2O4/c1-11(21(32)12-5-3-2-4-6-12)30(22(33)13-7-9-14(29)10-8-13)31-23(34)15-16(24(31)35)18(26)20(28)19(27)17(15)25/h2-11H,1H3/t11-/m1/s1. The molecule has 0 saturated heterocycles. The third-order valence-electron chi connectivity index (χ3n) is 5.40. The topological polar surface area (TPSA) is 74.8 Å². The molecule has 178 valence electrons. The Morgan fingerprint density at radius 2 is 1.26 bits per heavy atom. The van der Waals surface area contributed by atoms with Crippen molar-refractivity contribution >= 4 is 98.8 Å². The van der Waals surface area contributed by atoms with E-state index in [2.05, 4.69) is 63.7 Å². The third-order valence-corrected chi connectivity index (χ3v) is 10.4. The SMILES string of the molecule is C[C@H](C(=O)c1ccccc1)N(C(=O)c1ccc(Cl)cc1)N1C(=O)c2c(Br)c(Br)c(Br)c(Br)c2C1=O. The number of hydrogen-bond donors (Lipinski definition) is 0. The van der Waals surface area contributed by atoms with E-state index >= 15 is 0 Å². The summed E-state index contributed by atoms with van der Waals surface area (Å²) in [6.07, 6.45) is 0. The van der Waals surface area contributed by atoms with E-state index in [4.69, 9.17) is 11.6 Å². The molecule has 1 aliphatic rings. The van der Waals surface area contributed by atoms with E-state index in [-0.39, 0.29) is 16.7 Å². The van der Waals surface area contributed by atoms with Crippen LogP contribution in [0.4, 0.5) is 0 Å². The minimum absolute atomic E-state index is 0.0604. The summed E-state index contributed by atoms with van der Waals surface area (Å²) in [4.78, 5) is 54.3. The molecular formula is C24H13Br4ClN2O4. The second-order valence-corrected chi connectivity index (χ2v) is 11.1. The highest BCUT2D eigenvalue weighted by atomic mass is 79.9. The number of hydrogen-bond acceptors (Lipinski definition) is 4. The molecule has 0 spiro atoms. The van der Waals surface area contributed by atoms with Gasteiger partial charge in [0.25, 0.3) is 17.7 Å². The van der Waals surface area contributed by atoms with Gasteiger partial charge in [0.2, 0.25) is 0 Å². The van der Waals surface area contributed by atoms with Crippen molar-refractivity contribution in [1.82, 2.24) is 10.0 Å². The lowest BCUT2D eigenvalue weighted by molar-refractivity contribution is -0.00685. The molecule has 35 heavy (non-hydrogen) atoms. The summed E-state index contributed by atoms with van der Waals surface area (Å²) < 4.78 is 1.69. The number of amides is 3. The summed E-state index contributed by atoms with van der Waals surface area (Å²) in [5.41, 5.74) is 0.605. The van der Waals surface area contributed by atoms with Crippen LogP contribution in [0.15, 0.2) is 72.5 Å². The van der Waals surface area contributed by atoms with Crippen LogP contribution in [-0.4, -0.2) is 39.6 Å². The quantitative estimate of drug-likeness (QED) is 0.119. The molecule has 3 aromatic carbocycles. The lowest BCUT2D eigenvalue weighted by Crippen LogP contribution is -2.56. The first-order valence-corrected chi connectivity index (χ1v) is 13.5. The zero-order valence-corrected chi connectivity index (χ0v) is 24.8. The Bertz CT molecular complexity index is 1350. The zero-order valence-electron chi connectivity index (χ0n) is 17.7. The minimum Gasteiger partial charge on any atom is -0.292 e. The van der Waals surface area contributed by atoms with Gasteiger partial charge >= 0.3 is 0 Å². The Hall–Kier alpha value is -1.85. The van der Waals surface area contributed by atoms with Crippen LogP contribution < -0.4 is 0 Å². The van der Waals surface area contributed by atoms with Crippen LogP contribution >= 0.6 is 75.3 Å². The maximum Gasteiger partial charge on any atom is 0.282 e. The fourth-order valence-corrected chi connectivity index (χ4v) is 6.24. The lowest BCUT2D eigenvalue weighted by Gasteiger charge is -2.34. The van der Waals surface area contributed by atoms with Gasteiger partial charge in [0.1, 0.15) is 6.04 Å². The number of ketones is 1. The number of hydrazine groups is 1. The first kappa shape index (κ1) is 26.2. The first-order valence-electron chi connectivity index (χ1n) is 9.99. The summed E-state index contributed by atoms with van der Waals surface area (Å²) in [5, 5.41) is 2.04. The van der Waals surface area contributed by atoms with Gasteiger partial charge in [0.15, 0.2) is 5.78 Å². The Kier molecular flexibility index (Phi) is 7.68. The molecule has 1 heterocycles. The summed E-state index contributed by atoms with van der Waals surface area (Å²) in [6.45, 7) is 1.47. The third kappa shape index (κ3) is 4.55. The van der Waals surface area contributed by atoms with Gasteiger partial charge in [-0.1, -0.05) is 41.9 Å². The molecule has 0 saturated carbocycles. The molecule has 6 nitrogen and oxygen atoms in total. The van der Waals surface area contributed by atoms with Gasteiger partial charge in [0, 0.05) is 34.0 Å². The van der Waals surface area contributed by atoms with Crippen LogP contribution in [0.1, 0.15) is 48.4 Å². The Labute approximate surface area is 239 Å². The first-order chi connectivity index (χ1) is 16.6. The average molecular weight is 748 g/mol. The highest BCUT2D eigenvalue weighted by Crippen LogP contribution is 2.45. The number of rotatable bonds is 5. The van der Waals surface area contributed by atoms with Gasteiger partial charge in [-0.3, -0.25) is 19.2 Å². The fraction of sp³-hybridized carbons (Fsp3) is 0.0833. The smallest absolute Gasteiger partial charge is 0.282 e. The lowest BCUT2D eigenvalue weighted by atomic mass is 10.0. The average Bonchev–Trinajstić information content (AvgIpc) is 3.12. The van der Waals surface area contributed by atoms with E-state index in [9.17, 15) is 19.2 Å². The number of Topliss-reactive ketones (excluding diaryl/α,β-unsaturated/α-hetero) is 1. The van der Waals surface area contributed by atoms with Crippen molar-refractivity contribution in [2.24, 2.45) is 0 Å². The molecule has 0 N–H and O–H groups in total. The maximum absolute atomic E-state index is 13.7. The van der Waals surface area contributed by atoms with Gasteiger partial charge in [-0.25, -0.2) is 5.01 Å². The molecule has 0 aliphatic carbocycles. The number of halogens is 5. The highest BCUT2D eigenvalue weighted by molar-refractivity contribution is 9.15. The minimum atomic E-state index is -1.19. The van der Waals surface area contributed by atoms with Crippen LogP contribution in [0.5, 0.6) is 0 Å². The molecule has 0 bridgehead atoms. The normalized spacial score (nSPS) is 13.6. The molecular weight excluding hydrogens is 735 g/mol. The predicted octanol–water partition coefficient (Wildman–Crippen LogP) is 7.31. The van der Waals surface area contributed by atoms with E-state index < -0.39 is 29.5 Å². The Morgan fingerprint density at radius 3 is 1.74 bits per heavy atom. The molecule has 1 aliphatic heterocycles. The molecule has 11 heteroatoms. The summed E-state index contributed by atoms with van der Waals surface area (Å²) in [6, 6.07) is 13.1. The summed E-state index contributed by atoms with van der Waals surface area (Å²) >= 11 is 19.5. The number of carbonyl (C=O) groups is 4. The van der Waals surface area contributed by atoms with E-state index in [1.807, 2.05) is 0 Å². The van der Waals surface area contributed by atoms with E-state index in [1.54, 1.807) is 30.3 Å². The summed E-state index contributed by atoms with van der Waals surface area (Å²) in [5.74, 6) is -2.65. The van der Waals surface area contributed by atoms with Crippen molar-refractivity contribution in [1.29, 1.82) is 0 Å². The molecule has 1 atom stereocenters. The largest absolute Gasteiger partial charge is 0.292 e. The molecule has 4 rings (SSSR count). The molecule has 0 radical (unpaired) electrons.